The summed E-state index contributed by atoms with van der Waals surface area (Å²) in [5, 5.41) is 102. The van der Waals surface area contributed by atoms with E-state index in [1.165, 1.54) is 26.5 Å². The molecule has 31 atom stereocenters. The van der Waals surface area contributed by atoms with E-state index in [0.717, 1.165) is 12.0 Å². The predicted octanol–water partition coefficient (Wildman–Crippen LogP) is -2.19. The third-order valence-electron chi connectivity index (χ3n) is 20.7. The summed E-state index contributed by atoms with van der Waals surface area (Å²) >= 11 is 0. The molecule has 0 radical (unpaired) electrons. The normalized spacial score (nSPS) is 51.2. The topological polar surface area (TPSA) is 437 Å². The van der Waals surface area contributed by atoms with Gasteiger partial charge in [0.2, 0.25) is 0 Å². The SMILES string of the molecule is C=C(C)[C@H]1[C@@H]2C[C@@]3(C)C4=CCC5C(C)(C)[C@@H](O[C@@H]6OC[C@@H](OS(=O)(=O)O)[C@H](O)[C@H]6O[C@@H]6O[C@H](C)[C@@H](O[C@@H]7O[C@H](COS(=O)(=O)O)[C@@H](O)[C@H](O[C@@H]8OC[C@@H](O)[C@H](OC)[C@H]8O)[C@H]7O)[C@H](O)[C@H]6O[C@@H]6O[C@H](C)[C@@H](O)[C@H](O)[C@H]6O)CC[C@]5(C)C4CC[C@]13C(=O)O2. The molecule has 0 amide bonds. The van der Waals surface area contributed by atoms with Gasteiger partial charge in [0.15, 0.2) is 31.5 Å². The fraction of sp³-hybridized carbons (Fsp3) is 0.907. The highest BCUT2D eigenvalue weighted by Gasteiger charge is 2.76. The van der Waals surface area contributed by atoms with Crippen molar-refractivity contribution in [1.82, 2.24) is 0 Å². The van der Waals surface area contributed by atoms with Crippen molar-refractivity contribution in [3.8, 4) is 0 Å². The average molecular weight is 1280 g/mol. The maximum absolute atomic E-state index is 13.9. The molecule has 2 unspecified atom stereocenters. The molecule has 11 N–H and O–H groups in total. The van der Waals surface area contributed by atoms with E-state index in [-0.39, 0.29) is 35.2 Å². The van der Waals surface area contributed by atoms with Crippen molar-refractivity contribution in [3.05, 3.63) is 23.8 Å². The first-order valence-corrected chi connectivity index (χ1v) is 31.8. The second-order valence-electron chi connectivity index (χ2n) is 26.0. The molecule has 1 spiro atoms. The standard InChI is InChI=1S/C54H84O30S2/c1-20(2)31-26-16-53(8)24-10-11-29-51(5,6)30(13-14-52(29,7)23(24)12-15-54(31,53)50(64)78-26)79-48-43(34(58)28(18-73-48)84-86(68,69)70)83-49-44(82-46-36(60)35(59)32(56)21(3)75-46)37(61)40(22(4)76-49)80-47-39(63)42(33(57)27(77-47)19-74-85(65,66)67)81-45-38(62)41(71-9)25(55)17-72-45/h10,21-23,25-49,55-63H,1,11-19H2,2-9H3,(H,65,66,67)(H,68,69,70)/t21-,22-,23?,25-,26+,27-,28-,29?,30+,31+,32-,33-,34+,35+,36-,37+,38-,39-,40-,41+,42+,43-,44-,45+,46+,47+,48+,49+,52-,53+,54-/m1/s1. The predicted molar refractivity (Wildman–Crippen MR) is 283 cm³/mol. The second kappa shape index (κ2) is 24.4. The molecule has 32 heteroatoms. The molecule has 86 heavy (non-hydrogen) atoms. The Morgan fingerprint density at radius 1 is 0.663 bits per heavy atom. The Hall–Kier alpha value is -2.11. The zero-order valence-electron chi connectivity index (χ0n) is 48.8. The van der Waals surface area contributed by atoms with Crippen LogP contribution in [-0.4, -0.2) is 258 Å². The largest absolute Gasteiger partial charge is 0.461 e. The van der Waals surface area contributed by atoms with E-state index >= 15 is 0 Å². The Labute approximate surface area is 497 Å². The Bertz CT molecular complexity index is 2740. The Morgan fingerprint density at radius 3 is 1.94 bits per heavy atom. The Balaban J connectivity index is 0.931. The number of methoxy groups -OCH3 is 1. The van der Waals surface area contributed by atoms with Gasteiger partial charge in [0.1, 0.15) is 104 Å². The molecular formula is C54H84O30S2. The van der Waals surface area contributed by atoms with Crippen LogP contribution >= 0.6 is 0 Å². The lowest BCUT2D eigenvalue weighted by Gasteiger charge is -2.64. The molecule has 4 aliphatic carbocycles. The number of carbonyl (C=O) groups is 1. The fourth-order valence-electron chi connectivity index (χ4n) is 16.5. The van der Waals surface area contributed by atoms with Crippen LogP contribution in [0.5, 0.6) is 0 Å². The lowest BCUT2D eigenvalue weighted by Crippen LogP contribution is -2.68. The summed E-state index contributed by atoms with van der Waals surface area (Å²) in [6.45, 7) is 15.2. The molecule has 6 aliphatic heterocycles. The van der Waals surface area contributed by atoms with Gasteiger partial charge in [-0.1, -0.05) is 51.5 Å². The second-order valence-corrected chi connectivity index (χ2v) is 28.2. The first-order chi connectivity index (χ1) is 40.1. The maximum atomic E-state index is 13.9. The van der Waals surface area contributed by atoms with Crippen LogP contribution in [0.4, 0.5) is 0 Å². The van der Waals surface area contributed by atoms with Crippen molar-refractivity contribution in [2.45, 2.75) is 241 Å². The lowest BCUT2D eigenvalue weighted by atomic mass is 9.40. The minimum atomic E-state index is -5.28. The highest BCUT2D eigenvalue weighted by atomic mass is 32.3. The third kappa shape index (κ3) is 11.7. The van der Waals surface area contributed by atoms with Gasteiger partial charge < -0.3 is 103 Å². The van der Waals surface area contributed by atoms with Crippen molar-refractivity contribution >= 4 is 26.8 Å². The van der Waals surface area contributed by atoms with Gasteiger partial charge in [-0.15, -0.1) is 0 Å². The summed E-state index contributed by atoms with van der Waals surface area (Å²) in [4.78, 5) is 13.9. The maximum Gasteiger partial charge on any atom is 0.397 e. The first kappa shape index (κ1) is 66.8. The van der Waals surface area contributed by atoms with Gasteiger partial charge in [-0.05, 0) is 82.0 Å². The van der Waals surface area contributed by atoms with Gasteiger partial charge in [0.25, 0.3) is 0 Å². The number of esters is 1. The summed E-state index contributed by atoms with van der Waals surface area (Å²) in [7, 11) is -9.31. The number of rotatable bonds is 17. The van der Waals surface area contributed by atoms with Crippen LogP contribution in [0, 0.1) is 39.4 Å². The van der Waals surface area contributed by atoms with Gasteiger partial charge in [-0.2, -0.15) is 16.8 Å². The van der Waals surface area contributed by atoms with Crippen LogP contribution in [0.3, 0.4) is 0 Å². The molecule has 6 heterocycles. The first-order valence-electron chi connectivity index (χ1n) is 29.0. The minimum absolute atomic E-state index is 0.0248. The molecule has 492 valence electrons. The van der Waals surface area contributed by atoms with Gasteiger partial charge in [0, 0.05) is 18.4 Å². The smallest absolute Gasteiger partial charge is 0.397 e. The summed E-state index contributed by atoms with van der Waals surface area (Å²) in [6, 6.07) is 0. The average Bonchev–Trinajstić information content (AvgIpc) is 1.43. The number of hydrogen-bond acceptors (Lipinski definition) is 28. The van der Waals surface area contributed by atoms with Crippen LogP contribution < -0.4 is 0 Å². The summed E-state index contributed by atoms with van der Waals surface area (Å²) < 4.78 is 149. The van der Waals surface area contributed by atoms with Crippen LogP contribution in [0.15, 0.2) is 23.8 Å². The van der Waals surface area contributed by atoms with Crippen LogP contribution in [0.25, 0.3) is 0 Å². The third-order valence-corrected chi connectivity index (χ3v) is 21.7. The van der Waals surface area contributed by atoms with E-state index in [4.69, 9.17) is 61.0 Å². The zero-order valence-corrected chi connectivity index (χ0v) is 50.4. The number of aliphatic hydroxyl groups excluding tert-OH is 9. The molecule has 0 aromatic heterocycles. The van der Waals surface area contributed by atoms with Crippen LogP contribution in [-0.2, 0) is 90.8 Å². The van der Waals surface area contributed by atoms with E-state index < -0.39 is 204 Å². The molecule has 10 rings (SSSR count). The number of hydrogen-bond donors (Lipinski definition) is 11. The van der Waals surface area contributed by atoms with Gasteiger partial charge in [-0.25, -0.2) is 8.37 Å². The van der Waals surface area contributed by atoms with Gasteiger partial charge in [0.05, 0.1) is 43.5 Å². The number of ether oxygens (including phenoxy) is 12. The fourth-order valence-corrected chi connectivity index (χ4v) is 17.3. The zero-order chi connectivity index (χ0) is 62.9. The molecule has 6 saturated heterocycles. The lowest BCUT2D eigenvalue weighted by molar-refractivity contribution is -0.404. The highest BCUT2D eigenvalue weighted by Crippen LogP contribution is 2.76. The van der Waals surface area contributed by atoms with Crippen molar-refractivity contribution < 1.29 is 142 Å². The molecule has 0 aromatic rings. The number of carbonyl (C=O) groups excluding carboxylic acids is 1. The summed E-state index contributed by atoms with van der Waals surface area (Å²) in [5.41, 5.74) is 0.0889. The van der Waals surface area contributed by atoms with Crippen molar-refractivity contribution in [2.24, 2.45) is 39.4 Å². The minimum Gasteiger partial charge on any atom is -0.461 e. The van der Waals surface area contributed by atoms with Crippen molar-refractivity contribution in [1.29, 1.82) is 0 Å². The molecule has 3 saturated carbocycles. The Kier molecular flexibility index (Phi) is 19.0. The van der Waals surface area contributed by atoms with Gasteiger partial charge >= 0.3 is 26.8 Å². The van der Waals surface area contributed by atoms with Gasteiger partial charge in [-0.3, -0.25) is 13.9 Å². The van der Waals surface area contributed by atoms with E-state index in [2.05, 4.69) is 44.5 Å². The molecular weight excluding hydrogens is 1190 g/mol. The highest BCUT2D eigenvalue weighted by molar-refractivity contribution is 7.81. The number of fused-ring (bicyclic) bond motifs is 5. The molecule has 10 aliphatic rings. The molecule has 30 nitrogen and oxygen atoms in total. The molecule has 9 fully saturated rings. The number of allylic oxidation sites excluding steroid dienone is 2. The monoisotopic (exact) mass is 1280 g/mol. The summed E-state index contributed by atoms with van der Waals surface area (Å²) in [5.74, 6) is -0.170. The van der Waals surface area contributed by atoms with Crippen LogP contribution in [0.1, 0.15) is 87.0 Å². The van der Waals surface area contributed by atoms with Crippen molar-refractivity contribution in [3.63, 3.8) is 0 Å². The Morgan fingerprint density at radius 2 is 1.28 bits per heavy atom. The molecule has 0 aromatic carbocycles. The summed E-state index contributed by atoms with van der Waals surface area (Å²) in [6.07, 6.45) is -36.6. The van der Waals surface area contributed by atoms with Crippen molar-refractivity contribution in [2.75, 3.05) is 26.9 Å². The van der Waals surface area contributed by atoms with E-state index in [1.807, 2.05) is 6.92 Å². The van der Waals surface area contributed by atoms with E-state index in [0.29, 0.717) is 32.1 Å². The van der Waals surface area contributed by atoms with E-state index in [1.54, 1.807) is 0 Å². The van der Waals surface area contributed by atoms with E-state index in [9.17, 15) is 76.7 Å². The molecule has 2 bridgehead atoms. The number of aliphatic hydroxyl groups is 9. The van der Waals surface area contributed by atoms with Crippen LogP contribution in [0.2, 0.25) is 0 Å². The quantitative estimate of drug-likeness (QED) is 0.0418.